The molecule has 7 heteroatoms. The number of ether oxygens (including phenoxy) is 1. The number of carbonyl (C=O) groups excluding carboxylic acids is 1. The Labute approximate surface area is 179 Å². The molecule has 0 spiro atoms. The zero-order chi connectivity index (χ0) is 21.8. The molecule has 4 nitrogen and oxygen atoms in total. The van der Waals surface area contributed by atoms with Crippen LogP contribution in [0.4, 0.5) is 24.5 Å². The first kappa shape index (κ1) is 21.0. The summed E-state index contributed by atoms with van der Waals surface area (Å²) in [5.41, 5.74) is -0.250. The Morgan fingerprint density at radius 3 is 2.55 bits per heavy atom. The molecule has 0 bridgehead atoms. The number of carbonyl (C=O) groups is 1. The van der Waals surface area contributed by atoms with Crippen molar-refractivity contribution in [2.45, 2.75) is 31.9 Å². The van der Waals surface area contributed by atoms with Crippen molar-refractivity contribution in [2.24, 2.45) is 0 Å². The van der Waals surface area contributed by atoms with Crippen LogP contribution in [0.2, 0.25) is 0 Å². The van der Waals surface area contributed by atoms with Crippen molar-refractivity contribution in [3.63, 3.8) is 0 Å². The van der Waals surface area contributed by atoms with Gasteiger partial charge in [0.25, 0.3) is 5.91 Å². The van der Waals surface area contributed by atoms with Crippen LogP contribution < -0.4 is 15.0 Å². The van der Waals surface area contributed by atoms with Gasteiger partial charge >= 0.3 is 6.18 Å². The lowest BCUT2D eigenvalue weighted by atomic mass is 10.1. The summed E-state index contributed by atoms with van der Waals surface area (Å²) in [5.74, 6) is 0.658. The van der Waals surface area contributed by atoms with Crippen LogP contribution in [-0.4, -0.2) is 19.0 Å². The molecule has 2 aliphatic rings. The molecule has 2 aromatic carbocycles. The molecule has 0 saturated carbocycles. The summed E-state index contributed by atoms with van der Waals surface area (Å²) in [6.07, 6.45) is 4.95. The van der Waals surface area contributed by atoms with Crippen molar-refractivity contribution >= 4 is 17.3 Å². The fourth-order valence-electron chi connectivity index (χ4n) is 3.78. The van der Waals surface area contributed by atoms with Gasteiger partial charge in [-0.15, -0.1) is 0 Å². The van der Waals surface area contributed by atoms with Gasteiger partial charge in [0.05, 0.1) is 5.56 Å². The Bertz CT molecular complexity index is 1020. The summed E-state index contributed by atoms with van der Waals surface area (Å²) < 4.78 is 46.8. The van der Waals surface area contributed by atoms with Gasteiger partial charge in [0.1, 0.15) is 11.5 Å². The predicted molar refractivity (Wildman–Crippen MR) is 114 cm³/mol. The first-order chi connectivity index (χ1) is 14.9. The Hall–Kier alpha value is -3.22. The predicted octanol–water partition coefficient (Wildman–Crippen LogP) is 6.17. The third-order valence-electron chi connectivity index (χ3n) is 5.30. The number of halogens is 3. The van der Waals surface area contributed by atoms with Crippen molar-refractivity contribution in [1.29, 1.82) is 0 Å². The Kier molecular flexibility index (Phi) is 6.02. The topological polar surface area (TPSA) is 41.6 Å². The molecule has 1 aliphatic carbocycles. The first-order valence-corrected chi connectivity index (χ1v) is 10.3. The Balaban J connectivity index is 1.52. The maximum atomic E-state index is 13.7. The van der Waals surface area contributed by atoms with E-state index in [1.54, 1.807) is 29.2 Å². The molecular weight excluding hydrogens is 405 g/mol. The van der Waals surface area contributed by atoms with Gasteiger partial charge in [-0.05, 0) is 68.2 Å². The van der Waals surface area contributed by atoms with Crippen LogP contribution in [0.15, 0.2) is 66.5 Å². The molecule has 1 fully saturated rings. The number of nitrogens with one attached hydrogen (secondary N) is 1. The maximum Gasteiger partial charge on any atom is 0.418 e. The number of benzene rings is 2. The van der Waals surface area contributed by atoms with Crippen LogP contribution in [0.25, 0.3) is 0 Å². The van der Waals surface area contributed by atoms with Crippen LogP contribution >= 0.6 is 0 Å². The van der Waals surface area contributed by atoms with Crippen molar-refractivity contribution < 1.29 is 22.7 Å². The zero-order valence-corrected chi connectivity index (χ0v) is 16.9. The van der Waals surface area contributed by atoms with Crippen LogP contribution in [0.1, 0.15) is 41.6 Å². The monoisotopic (exact) mass is 428 g/mol. The second-order valence-electron chi connectivity index (χ2n) is 7.59. The number of rotatable bonds is 5. The standard InChI is InChI=1S/C24H23F3N2O2/c25-24(26,27)21-15-17(11-12-22(21)29-13-4-5-14-29)23(30)28-18-7-6-10-20(16-18)31-19-8-2-1-3-9-19/h2,6-12,15-16H,1,3-5,13-14H2,(H,28,30). The lowest BCUT2D eigenvalue weighted by molar-refractivity contribution is -0.137. The normalized spacial score (nSPS) is 16.2. The highest BCUT2D eigenvalue weighted by Gasteiger charge is 2.36. The average Bonchev–Trinajstić information content (AvgIpc) is 3.28. The van der Waals surface area contributed by atoms with Crippen molar-refractivity contribution in [1.82, 2.24) is 0 Å². The molecule has 1 N–H and O–H groups in total. The molecule has 0 unspecified atom stereocenters. The number of amides is 1. The van der Waals surface area contributed by atoms with E-state index in [-0.39, 0.29) is 11.3 Å². The van der Waals surface area contributed by atoms with Gasteiger partial charge in [-0.1, -0.05) is 12.1 Å². The zero-order valence-electron chi connectivity index (χ0n) is 16.9. The molecule has 1 aliphatic heterocycles. The molecule has 31 heavy (non-hydrogen) atoms. The Morgan fingerprint density at radius 1 is 1.03 bits per heavy atom. The average molecular weight is 428 g/mol. The largest absolute Gasteiger partial charge is 0.458 e. The molecule has 2 aromatic rings. The summed E-state index contributed by atoms with van der Waals surface area (Å²) in [6.45, 7) is 1.18. The van der Waals surface area contributed by atoms with Gasteiger partial charge in [-0.25, -0.2) is 0 Å². The van der Waals surface area contributed by atoms with Gasteiger partial charge in [-0.3, -0.25) is 4.79 Å². The number of hydrogen-bond acceptors (Lipinski definition) is 3. The van der Waals surface area contributed by atoms with E-state index in [0.29, 0.717) is 24.5 Å². The highest BCUT2D eigenvalue weighted by Crippen LogP contribution is 2.38. The molecule has 1 heterocycles. The van der Waals surface area contributed by atoms with E-state index < -0.39 is 17.6 Å². The molecule has 0 atom stereocenters. The lowest BCUT2D eigenvalue weighted by Crippen LogP contribution is -2.23. The van der Waals surface area contributed by atoms with Gasteiger partial charge in [0, 0.05) is 36.1 Å². The van der Waals surface area contributed by atoms with Crippen LogP contribution in [0, 0.1) is 0 Å². The van der Waals surface area contributed by atoms with E-state index in [4.69, 9.17) is 4.74 Å². The third-order valence-corrected chi connectivity index (χ3v) is 5.30. The minimum Gasteiger partial charge on any atom is -0.458 e. The highest BCUT2D eigenvalue weighted by molar-refractivity contribution is 6.04. The summed E-state index contributed by atoms with van der Waals surface area (Å²) in [5, 5.41) is 2.67. The minimum absolute atomic E-state index is 0.0421. The molecular formula is C24H23F3N2O2. The summed E-state index contributed by atoms with van der Waals surface area (Å²) >= 11 is 0. The van der Waals surface area contributed by atoms with Crippen molar-refractivity contribution in [3.05, 3.63) is 77.6 Å². The SMILES string of the molecule is O=C(Nc1cccc(OC2=CCCC=C2)c1)c1ccc(N2CCCC2)c(C(F)(F)F)c1. The van der Waals surface area contributed by atoms with E-state index in [2.05, 4.69) is 5.32 Å². The number of allylic oxidation sites excluding steroid dienone is 3. The van der Waals surface area contributed by atoms with E-state index in [0.717, 1.165) is 37.5 Å². The van der Waals surface area contributed by atoms with Crippen LogP contribution in [0.5, 0.6) is 5.75 Å². The summed E-state index contributed by atoms with van der Waals surface area (Å²) in [4.78, 5) is 14.4. The maximum absolute atomic E-state index is 13.7. The minimum atomic E-state index is -4.54. The molecule has 0 radical (unpaired) electrons. The quantitative estimate of drug-likeness (QED) is 0.619. The molecule has 1 amide bonds. The van der Waals surface area contributed by atoms with Crippen molar-refractivity contribution in [3.8, 4) is 5.75 Å². The van der Waals surface area contributed by atoms with Gasteiger partial charge in [0.2, 0.25) is 0 Å². The van der Waals surface area contributed by atoms with E-state index in [1.165, 1.54) is 12.1 Å². The smallest absolute Gasteiger partial charge is 0.418 e. The number of alkyl halides is 3. The van der Waals surface area contributed by atoms with Crippen LogP contribution in [-0.2, 0) is 6.18 Å². The van der Waals surface area contributed by atoms with E-state index in [9.17, 15) is 18.0 Å². The van der Waals surface area contributed by atoms with Gasteiger partial charge in [0.15, 0.2) is 0 Å². The molecule has 0 aromatic heterocycles. The third kappa shape index (κ3) is 5.10. The molecule has 162 valence electrons. The second kappa shape index (κ2) is 8.88. The lowest BCUT2D eigenvalue weighted by Gasteiger charge is -2.23. The summed E-state index contributed by atoms with van der Waals surface area (Å²) in [6, 6.07) is 10.5. The first-order valence-electron chi connectivity index (χ1n) is 10.3. The number of anilines is 2. The fraction of sp³-hybridized carbons (Fsp3) is 0.292. The van der Waals surface area contributed by atoms with Crippen molar-refractivity contribution in [2.75, 3.05) is 23.3 Å². The van der Waals surface area contributed by atoms with Gasteiger partial charge in [-0.2, -0.15) is 13.2 Å². The van der Waals surface area contributed by atoms with E-state index in [1.807, 2.05) is 18.2 Å². The summed E-state index contributed by atoms with van der Waals surface area (Å²) in [7, 11) is 0. The van der Waals surface area contributed by atoms with E-state index >= 15 is 0 Å². The highest BCUT2D eigenvalue weighted by atomic mass is 19.4. The molecule has 1 saturated heterocycles. The second-order valence-corrected chi connectivity index (χ2v) is 7.59. The van der Waals surface area contributed by atoms with Crippen LogP contribution in [0.3, 0.4) is 0 Å². The molecule has 4 rings (SSSR count). The number of hydrogen-bond donors (Lipinski definition) is 1. The van der Waals surface area contributed by atoms with Gasteiger partial charge < -0.3 is 15.0 Å². The Morgan fingerprint density at radius 2 is 1.84 bits per heavy atom. The number of nitrogens with zero attached hydrogens (tertiary/aromatic N) is 1. The fourth-order valence-corrected chi connectivity index (χ4v) is 3.78.